The first-order chi connectivity index (χ1) is 36.8. The van der Waals surface area contributed by atoms with E-state index in [1.807, 2.05) is 152 Å². The van der Waals surface area contributed by atoms with Crippen LogP contribution >= 0.6 is 0 Å². The molecule has 4 aromatic heterocycles. The van der Waals surface area contributed by atoms with Gasteiger partial charge in [0.15, 0.2) is 0 Å². The van der Waals surface area contributed by atoms with Gasteiger partial charge in [0.1, 0.15) is 11.6 Å². The molecule has 0 saturated heterocycles. The molecule has 0 aliphatic heterocycles. The molecule has 0 fully saturated rings. The summed E-state index contributed by atoms with van der Waals surface area (Å²) in [5.74, 6) is -5.02. The molecule has 2 radical (unpaired) electrons. The van der Waals surface area contributed by atoms with E-state index in [0.29, 0.717) is 11.1 Å². The quantitative estimate of drug-likeness (QED) is 0.135. The summed E-state index contributed by atoms with van der Waals surface area (Å²) < 4.78 is 89.7. The maximum Gasteiger partial charge on any atom is 0.126 e. The Morgan fingerprint density at radius 2 is 0.859 bits per heavy atom. The molecule has 6 aromatic carbocycles. The normalized spacial score (nSPS) is 13.9. The summed E-state index contributed by atoms with van der Waals surface area (Å²) in [6.45, 7) is -2.63. The molecule has 360 valence electrons. The second-order valence-corrected chi connectivity index (χ2v) is 15.5. The van der Waals surface area contributed by atoms with E-state index in [4.69, 9.17) is 11.0 Å². The predicted octanol–water partition coefficient (Wildman–Crippen LogP) is 16.1. The Morgan fingerprint density at radius 1 is 0.451 bits per heavy atom. The van der Waals surface area contributed by atoms with E-state index in [-0.39, 0.29) is 57.8 Å². The van der Waals surface area contributed by atoms with Gasteiger partial charge in [-0.05, 0) is 111 Å². The molecule has 10 aromatic rings. The molecule has 4 nitrogen and oxygen atoms in total. The summed E-state index contributed by atoms with van der Waals surface area (Å²) in [6, 6.07) is 71.0. The Balaban J connectivity index is 0.000000204. The minimum absolute atomic E-state index is 0. The largest absolute Gasteiger partial charge is 0.305 e. The van der Waals surface area contributed by atoms with Crippen LogP contribution in [0.5, 0.6) is 0 Å². The van der Waals surface area contributed by atoms with E-state index in [2.05, 4.69) is 44.2 Å². The molecule has 8 heteroatoms. The van der Waals surface area contributed by atoms with Crippen LogP contribution in [-0.2, 0) is 46.6 Å². The zero-order valence-corrected chi connectivity index (χ0v) is 43.5. The van der Waals surface area contributed by atoms with Crippen molar-refractivity contribution in [3.8, 4) is 67.3 Å². The van der Waals surface area contributed by atoms with E-state index in [1.165, 1.54) is 32.0 Å². The molecule has 4 heterocycles. The molecule has 0 amide bonds. The van der Waals surface area contributed by atoms with Crippen molar-refractivity contribution in [1.29, 1.82) is 0 Å². The minimum atomic E-state index is -2.64. The van der Waals surface area contributed by atoms with Gasteiger partial charge in [0, 0.05) is 76.0 Å². The van der Waals surface area contributed by atoms with Crippen LogP contribution in [0.2, 0.25) is 0 Å². The van der Waals surface area contributed by atoms with Gasteiger partial charge in [-0.1, -0.05) is 88.2 Å². The van der Waals surface area contributed by atoms with Crippen molar-refractivity contribution in [3.63, 3.8) is 0 Å². The minimum Gasteiger partial charge on any atom is -0.305 e. The summed E-state index contributed by atoms with van der Waals surface area (Å²) in [5, 5.41) is 0. The Bertz CT molecular complexity index is 3250. The third-order valence-corrected chi connectivity index (χ3v) is 10.3. The standard InChI is InChI=1S/C21H19FN.C20H17FN.2C11H8N.2Ir/c1-15(2)12-19-13-17(8-10-20(19)22)18-9-11-21(23-14-18)16-6-4-3-5-7-16;1-14(2)18-12-16(8-10-19(18)21)17-9-11-20(22-13-17)15-6-4-3-5-7-15;2*1-2-6-10(7-3-1)11-8-4-5-9-12-11;;/h3-6,8-11,13-15H,12H2,1-2H3;3-6,8-14H,1-2H3;2*1-6,8-9H;;/q4*-1;;/i1D3,15D;1D3,14D;;;;. The number of aromatic nitrogens is 4. The number of halogens is 2. The van der Waals surface area contributed by atoms with Crippen molar-refractivity contribution < 1.29 is 60.0 Å². The van der Waals surface area contributed by atoms with Crippen LogP contribution in [-0.4, -0.2) is 19.9 Å². The second-order valence-electron chi connectivity index (χ2n) is 15.5. The SMILES string of the molecule is [2H]C([2H])([2H])C([2H])(C)Cc1cc(-c2ccc(-c3[c-]cccc3)nc2)ccc1F.[2H]C([2H])([2H])C([2H])(C)c1cc(-c2ccc(-c3[c-]cccc3)nc2)ccc1F.[Ir].[Ir].[c-]1ccccc1-c1ccccn1.[c-]1ccccc1-c1ccccn1. The smallest absolute Gasteiger partial charge is 0.126 e. The first kappa shape index (κ1) is 44.1. The van der Waals surface area contributed by atoms with Gasteiger partial charge in [-0.3, -0.25) is 0 Å². The van der Waals surface area contributed by atoms with E-state index in [9.17, 15) is 8.78 Å². The van der Waals surface area contributed by atoms with Crippen LogP contribution in [0.25, 0.3) is 67.3 Å². The zero-order chi connectivity index (χ0) is 55.1. The third kappa shape index (κ3) is 16.6. The van der Waals surface area contributed by atoms with Gasteiger partial charge < -0.3 is 19.9 Å². The number of pyridine rings is 4. The van der Waals surface area contributed by atoms with Gasteiger partial charge in [-0.15, -0.1) is 144 Å². The molecule has 0 saturated carbocycles. The van der Waals surface area contributed by atoms with Crippen molar-refractivity contribution in [2.75, 3.05) is 0 Å². The predicted molar refractivity (Wildman–Crippen MR) is 277 cm³/mol. The van der Waals surface area contributed by atoms with Crippen LogP contribution in [0.4, 0.5) is 8.78 Å². The van der Waals surface area contributed by atoms with Gasteiger partial charge in [0.2, 0.25) is 0 Å². The molecule has 0 spiro atoms. The number of hydrogen-bond donors (Lipinski definition) is 0. The van der Waals surface area contributed by atoms with Crippen LogP contribution in [0.15, 0.2) is 219 Å². The molecule has 10 rings (SSSR count). The molecule has 0 bridgehead atoms. The number of benzene rings is 6. The van der Waals surface area contributed by atoms with Crippen molar-refractivity contribution >= 4 is 0 Å². The molecule has 2 atom stereocenters. The summed E-state index contributed by atoms with van der Waals surface area (Å²) >= 11 is 0. The van der Waals surface area contributed by atoms with Gasteiger partial charge >= 0.3 is 0 Å². The molecule has 0 aliphatic carbocycles. The summed E-state index contributed by atoms with van der Waals surface area (Å²) in [4.78, 5) is 17.3. The van der Waals surface area contributed by atoms with Gasteiger partial charge in [0.05, 0.1) is 0 Å². The zero-order valence-electron chi connectivity index (χ0n) is 46.7. The second kappa shape index (κ2) is 28.7. The average molecular weight is 1300 g/mol. The number of nitrogens with zero attached hydrogens (tertiary/aromatic N) is 4. The molecular formula is C63H52F2Ir2N4-4. The van der Waals surface area contributed by atoms with Crippen LogP contribution in [0.1, 0.15) is 55.5 Å². The molecular weight excluding hydrogens is 1240 g/mol. The van der Waals surface area contributed by atoms with Crippen LogP contribution in [0.3, 0.4) is 0 Å². The fourth-order valence-electron chi connectivity index (χ4n) is 6.87. The van der Waals surface area contributed by atoms with Crippen LogP contribution < -0.4 is 0 Å². The Morgan fingerprint density at radius 3 is 1.23 bits per heavy atom. The van der Waals surface area contributed by atoms with Crippen molar-refractivity contribution in [1.82, 2.24) is 19.9 Å². The summed E-state index contributed by atoms with van der Waals surface area (Å²) in [6.07, 6.45) is 6.71. The van der Waals surface area contributed by atoms with E-state index in [1.54, 1.807) is 49.1 Å². The topological polar surface area (TPSA) is 51.6 Å². The monoisotopic (exact) mass is 1300 g/mol. The summed E-state index contributed by atoms with van der Waals surface area (Å²) in [7, 11) is 0. The fourth-order valence-corrected chi connectivity index (χ4v) is 6.87. The number of rotatable bonds is 9. The molecule has 0 N–H and O–H groups in total. The maximum atomic E-state index is 14.2. The van der Waals surface area contributed by atoms with E-state index in [0.717, 1.165) is 56.2 Å². The first-order valence-electron chi connectivity index (χ1n) is 26.0. The average Bonchev–Trinajstić information content (AvgIpc) is 3.47. The van der Waals surface area contributed by atoms with Gasteiger partial charge in [-0.25, -0.2) is 8.78 Å². The van der Waals surface area contributed by atoms with Crippen molar-refractivity contribution in [2.45, 2.75) is 39.9 Å². The number of hydrogen-bond acceptors (Lipinski definition) is 4. The molecule has 71 heavy (non-hydrogen) atoms. The van der Waals surface area contributed by atoms with E-state index >= 15 is 0 Å². The van der Waals surface area contributed by atoms with Gasteiger partial charge in [-0.2, -0.15) is 0 Å². The molecule has 0 aliphatic rings. The first-order valence-corrected chi connectivity index (χ1v) is 22.0. The van der Waals surface area contributed by atoms with Crippen molar-refractivity contribution in [3.05, 3.63) is 266 Å². The van der Waals surface area contributed by atoms with E-state index < -0.39 is 37.1 Å². The third-order valence-electron chi connectivity index (χ3n) is 10.3. The fraction of sp³-hybridized carbons (Fsp3) is 0.111. The van der Waals surface area contributed by atoms with Crippen LogP contribution in [0, 0.1) is 41.8 Å². The Kier molecular flexibility index (Phi) is 17.8. The van der Waals surface area contributed by atoms with Gasteiger partial charge in [0.25, 0.3) is 0 Å². The molecule has 2 unspecified atom stereocenters. The Hall–Kier alpha value is -6.92. The van der Waals surface area contributed by atoms with Crippen molar-refractivity contribution in [2.24, 2.45) is 5.89 Å². The maximum absolute atomic E-state index is 14.2. The summed E-state index contributed by atoms with van der Waals surface area (Å²) in [5.41, 5.74) is 10.2. The Labute approximate surface area is 456 Å².